The first-order valence-electron chi connectivity index (χ1n) is 4.27. The van der Waals surface area contributed by atoms with Gasteiger partial charge < -0.3 is 10.5 Å². The Morgan fingerprint density at radius 1 is 1.00 bits per heavy atom. The van der Waals surface area contributed by atoms with Crippen molar-refractivity contribution in [3.05, 3.63) is 40.0 Å². The first kappa shape index (κ1) is 10.2. The number of hydrogen-bond acceptors (Lipinski definition) is 4. The van der Waals surface area contributed by atoms with Crippen LogP contribution in [0.2, 0.25) is 0 Å². The molecule has 0 bridgehead atoms. The van der Waals surface area contributed by atoms with Crippen LogP contribution in [0, 0.1) is 3.57 Å². The van der Waals surface area contributed by atoms with Crippen LogP contribution >= 0.6 is 22.6 Å². The number of ether oxygens (including phenoxy) is 1. The van der Waals surface area contributed by atoms with Gasteiger partial charge in [-0.05, 0) is 52.9 Å². The van der Waals surface area contributed by atoms with Crippen LogP contribution in [0.15, 0.2) is 36.4 Å². The average Bonchev–Trinajstić information content (AvgIpc) is 2.25. The van der Waals surface area contributed by atoms with Crippen LogP contribution in [-0.2, 0) is 0 Å². The predicted molar refractivity (Wildman–Crippen MR) is 65.7 cm³/mol. The minimum Gasteiger partial charge on any atom is -0.438 e. The molecule has 2 N–H and O–H groups in total. The molecule has 15 heavy (non-hydrogen) atoms. The van der Waals surface area contributed by atoms with Gasteiger partial charge in [-0.3, -0.25) is 0 Å². The molecule has 5 heteroatoms. The zero-order valence-corrected chi connectivity index (χ0v) is 9.88. The maximum atomic E-state index is 5.46. The van der Waals surface area contributed by atoms with Gasteiger partial charge in [-0.25, -0.2) is 0 Å². The van der Waals surface area contributed by atoms with Gasteiger partial charge in [0.05, 0.1) is 0 Å². The fourth-order valence-electron chi connectivity index (χ4n) is 1.01. The Balaban J connectivity index is 2.15. The van der Waals surface area contributed by atoms with Gasteiger partial charge in [0, 0.05) is 9.64 Å². The Morgan fingerprint density at radius 2 is 1.73 bits per heavy atom. The molecule has 4 nitrogen and oxygen atoms in total. The highest BCUT2D eigenvalue weighted by atomic mass is 127. The molecular formula is C10H8IN3O. The number of anilines is 1. The van der Waals surface area contributed by atoms with E-state index in [1.165, 1.54) is 0 Å². The topological polar surface area (TPSA) is 61.0 Å². The highest BCUT2D eigenvalue weighted by Crippen LogP contribution is 2.19. The molecule has 1 heterocycles. The van der Waals surface area contributed by atoms with Gasteiger partial charge in [0.1, 0.15) is 11.6 Å². The standard InChI is InChI=1S/C10H8IN3O/c11-7-1-3-8(4-2-7)15-10-6-5-9(12)13-14-10/h1-6H,(H2,12,13). The molecular weight excluding hydrogens is 305 g/mol. The van der Waals surface area contributed by atoms with E-state index in [0.717, 1.165) is 9.32 Å². The zero-order valence-electron chi connectivity index (χ0n) is 7.72. The number of aromatic nitrogens is 2. The van der Waals surface area contributed by atoms with Crippen molar-refractivity contribution in [3.63, 3.8) is 0 Å². The largest absolute Gasteiger partial charge is 0.438 e. The van der Waals surface area contributed by atoms with Crippen LogP contribution in [0.5, 0.6) is 11.6 Å². The smallest absolute Gasteiger partial charge is 0.238 e. The summed E-state index contributed by atoms with van der Waals surface area (Å²) in [7, 11) is 0. The quantitative estimate of drug-likeness (QED) is 0.865. The van der Waals surface area contributed by atoms with Crippen molar-refractivity contribution in [2.45, 2.75) is 0 Å². The van der Waals surface area contributed by atoms with Crippen LogP contribution in [0.25, 0.3) is 0 Å². The summed E-state index contributed by atoms with van der Waals surface area (Å²) >= 11 is 2.23. The third-order valence-electron chi connectivity index (χ3n) is 1.70. The first-order chi connectivity index (χ1) is 7.24. The summed E-state index contributed by atoms with van der Waals surface area (Å²) in [5, 5.41) is 7.49. The van der Waals surface area contributed by atoms with Crippen LogP contribution in [0.4, 0.5) is 5.82 Å². The van der Waals surface area contributed by atoms with Gasteiger partial charge >= 0.3 is 0 Å². The maximum Gasteiger partial charge on any atom is 0.238 e. The van der Waals surface area contributed by atoms with Gasteiger partial charge in [0.25, 0.3) is 0 Å². The third kappa shape index (κ3) is 2.79. The molecule has 2 rings (SSSR count). The number of rotatable bonds is 2. The number of benzene rings is 1. The molecule has 0 unspecified atom stereocenters. The molecule has 0 fully saturated rings. The average molecular weight is 313 g/mol. The lowest BCUT2D eigenvalue weighted by molar-refractivity contribution is 0.455. The Hall–Kier alpha value is -1.37. The molecule has 0 radical (unpaired) electrons. The summed E-state index contributed by atoms with van der Waals surface area (Å²) in [5.41, 5.74) is 5.41. The summed E-state index contributed by atoms with van der Waals surface area (Å²) in [6.07, 6.45) is 0. The van der Waals surface area contributed by atoms with E-state index in [4.69, 9.17) is 10.5 Å². The molecule has 0 saturated carbocycles. The summed E-state index contributed by atoms with van der Waals surface area (Å²) in [6.45, 7) is 0. The van der Waals surface area contributed by atoms with E-state index >= 15 is 0 Å². The van der Waals surface area contributed by atoms with Crippen molar-refractivity contribution in [2.24, 2.45) is 0 Å². The lowest BCUT2D eigenvalue weighted by Gasteiger charge is -2.03. The van der Waals surface area contributed by atoms with Crippen molar-refractivity contribution < 1.29 is 4.74 Å². The lowest BCUT2D eigenvalue weighted by Crippen LogP contribution is -1.94. The van der Waals surface area contributed by atoms with Crippen molar-refractivity contribution >= 4 is 28.4 Å². The summed E-state index contributed by atoms with van der Waals surface area (Å²) in [6, 6.07) is 11.0. The number of nitrogens with two attached hydrogens (primary N) is 1. The van der Waals surface area contributed by atoms with E-state index in [2.05, 4.69) is 32.8 Å². The van der Waals surface area contributed by atoms with Crippen molar-refractivity contribution in [3.8, 4) is 11.6 Å². The fraction of sp³-hybridized carbons (Fsp3) is 0. The maximum absolute atomic E-state index is 5.46. The Labute approximate surface area is 101 Å². The van der Waals surface area contributed by atoms with E-state index < -0.39 is 0 Å². The van der Waals surface area contributed by atoms with Crippen molar-refractivity contribution in [1.29, 1.82) is 0 Å². The van der Waals surface area contributed by atoms with Crippen LogP contribution in [-0.4, -0.2) is 10.2 Å². The summed E-state index contributed by atoms with van der Waals surface area (Å²) in [4.78, 5) is 0. The Kier molecular flexibility index (Phi) is 3.00. The third-order valence-corrected chi connectivity index (χ3v) is 2.42. The molecule has 0 aliphatic rings. The number of halogens is 1. The minimum absolute atomic E-state index is 0.380. The second-order valence-electron chi connectivity index (χ2n) is 2.85. The minimum atomic E-state index is 0.380. The molecule has 1 aromatic carbocycles. The lowest BCUT2D eigenvalue weighted by atomic mass is 10.3. The predicted octanol–water partition coefficient (Wildman–Crippen LogP) is 2.46. The Morgan fingerprint density at radius 3 is 2.33 bits per heavy atom. The van der Waals surface area contributed by atoms with Gasteiger partial charge in [0.2, 0.25) is 5.88 Å². The molecule has 76 valence electrons. The van der Waals surface area contributed by atoms with Crippen LogP contribution < -0.4 is 10.5 Å². The highest BCUT2D eigenvalue weighted by molar-refractivity contribution is 14.1. The number of nitrogens with zero attached hydrogens (tertiary/aromatic N) is 2. The van der Waals surface area contributed by atoms with Crippen LogP contribution in [0.3, 0.4) is 0 Å². The van der Waals surface area contributed by atoms with Gasteiger partial charge in [-0.15, -0.1) is 10.2 Å². The van der Waals surface area contributed by atoms with Gasteiger partial charge in [0.15, 0.2) is 0 Å². The van der Waals surface area contributed by atoms with E-state index in [0.29, 0.717) is 11.7 Å². The van der Waals surface area contributed by atoms with E-state index in [9.17, 15) is 0 Å². The molecule has 0 amide bonds. The molecule has 0 saturated heterocycles. The van der Waals surface area contributed by atoms with E-state index in [1.54, 1.807) is 12.1 Å². The monoisotopic (exact) mass is 313 g/mol. The fourth-order valence-corrected chi connectivity index (χ4v) is 1.37. The number of hydrogen-bond donors (Lipinski definition) is 1. The van der Waals surface area contributed by atoms with E-state index in [1.807, 2.05) is 24.3 Å². The molecule has 0 aliphatic heterocycles. The van der Waals surface area contributed by atoms with Crippen LogP contribution in [0.1, 0.15) is 0 Å². The van der Waals surface area contributed by atoms with Gasteiger partial charge in [-0.1, -0.05) is 0 Å². The Bertz CT molecular complexity index is 398. The highest BCUT2D eigenvalue weighted by Gasteiger charge is 1.98. The molecule has 2 aromatic rings. The SMILES string of the molecule is Nc1ccc(Oc2ccc(I)cc2)nn1. The van der Waals surface area contributed by atoms with Crippen molar-refractivity contribution in [2.75, 3.05) is 5.73 Å². The summed E-state index contributed by atoms with van der Waals surface area (Å²) in [5.74, 6) is 1.55. The van der Waals surface area contributed by atoms with Gasteiger partial charge in [-0.2, -0.15) is 0 Å². The molecule has 0 spiro atoms. The normalized spacial score (nSPS) is 9.93. The second kappa shape index (κ2) is 4.43. The van der Waals surface area contributed by atoms with E-state index in [-0.39, 0.29) is 0 Å². The first-order valence-corrected chi connectivity index (χ1v) is 5.34. The number of nitrogen functional groups attached to an aromatic ring is 1. The molecule has 0 atom stereocenters. The zero-order chi connectivity index (χ0) is 10.7. The molecule has 0 aliphatic carbocycles. The summed E-state index contributed by atoms with van der Waals surface area (Å²) < 4.78 is 6.61. The second-order valence-corrected chi connectivity index (χ2v) is 4.10. The van der Waals surface area contributed by atoms with Crippen molar-refractivity contribution in [1.82, 2.24) is 10.2 Å². The molecule has 1 aromatic heterocycles.